The van der Waals surface area contributed by atoms with Crippen molar-refractivity contribution in [1.82, 2.24) is 10.6 Å². The maximum Gasteiger partial charge on any atom is 0.243 e. The number of hydrogen-bond donors (Lipinski definition) is 3. The Labute approximate surface area is 171 Å². The first-order valence-electron chi connectivity index (χ1n) is 8.00. The fourth-order valence-corrected chi connectivity index (χ4v) is 3.77. The topological polar surface area (TPSA) is 65.5 Å². The van der Waals surface area contributed by atoms with Crippen LogP contribution in [0.3, 0.4) is 0 Å². The Bertz CT molecular complexity index is 651. The molecule has 0 aromatic heterocycles. The lowest BCUT2D eigenvalue weighted by atomic mass is 10.1. The second-order valence-corrected chi connectivity index (χ2v) is 7.64. The van der Waals surface area contributed by atoms with Crippen LogP contribution in [0.2, 0.25) is 0 Å². The quantitative estimate of drug-likeness (QED) is 0.267. The average molecular weight is 472 g/mol. The van der Waals surface area contributed by atoms with Gasteiger partial charge in [0.2, 0.25) is 5.91 Å². The minimum absolute atomic E-state index is 0. The molecular formula is C18H25IN4OS. The normalized spacial score (nSPS) is 19.5. The van der Waals surface area contributed by atoms with Crippen LogP contribution in [0.25, 0.3) is 0 Å². The molecular weight excluding hydrogens is 447 g/mol. The number of guanidine groups is 1. The molecule has 1 fully saturated rings. The Morgan fingerprint density at radius 1 is 1.44 bits per heavy atom. The summed E-state index contributed by atoms with van der Waals surface area (Å²) >= 11 is 1.99. The van der Waals surface area contributed by atoms with Crippen LogP contribution in [0, 0.1) is 12.3 Å². The van der Waals surface area contributed by atoms with Gasteiger partial charge in [-0.3, -0.25) is 9.79 Å². The van der Waals surface area contributed by atoms with E-state index in [4.69, 9.17) is 6.42 Å². The SMILES string of the molecule is C#Cc1cccc(NC(=O)CNC(=NC)NCC2(C)CCCS2)c1.I. The number of halogens is 1. The molecule has 1 atom stereocenters. The zero-order valence-corrected chi connectivity index (χ0v) is 17.7. The van der Waals surface area contributed by atoms with Crippen molar-refractivity contribution in [2.75, 3.05) is 31.2 Å². The summed E-state index contributed by atoms with van der Waals surface area (Å²) in [6.07, 6.45) is 7.82. The largest absolute Gasteiger partial charge is 0.355 e. The average Bonchev–Trinajstić information content (AvgIpc) is 3.02. The van der Waals surface area contributed by atoms with Gasteiger partial charge in [0.1, 0.15) is 0 Å². The second kappa shape index (κ2) is 10.6. The van der Waals surface area contributed by atoms with Gasteiger partial charge in [-0.1, -0.05) is 12.0 Å². The number of benzene rings is 1. The van der Waals surface area contributed by atoms with E-state index in [1.54, 1.807) is 13.1 Å². The minimum Gasteiger partial charge on any atom is -0.355 e. The molecule has 136 valence electrons. The molecule has 1 heterocycles. The van der Waals surface area contributed by atoms with Gasteiger partial charge in [-0.25, -0.2) is 0 Å². The number of carbonyl (C=O) groups excluding carboxylic acids is 1. The number of anilines is 1. The van der Waals surface area contributed by atoms with Crippen LogP contribution < -0.4 is 16.0 Å². The van der Waals surface area contributed by atoms with E-state index in [0.29, 0.717) is 11.6 Å². The van der Waals surface area contributed by atoms with Crippen LogP contribution in [0.5, 0.6) is 0 Å². The van der Waals surface area contributed by atoms with Crippen molar-refractivity contribution in [2.45, 2.75) is 24.5 Å². The molecule has 1 aromatic rings. The van der Waals surface area contributed by atoms with Gasteiger partial charge in [0.25, 0.3) is 0 Å². The van der Waals surface area contributed by atoms with Gasteiger partial charge in [0, 0.05) is 29.6 Å². The molecule has 1 aliphatic heterocycles. The van der Waals surface area contributed by atoms with Crippen molar-refractivity contribution in [3.8, 4) is 12.3 Å². The molecule has 2 rings (SSSR count). The Morgan fingerprint density at radius 2 is 2.24 bits per heavy atom. The number of nitrogens with zero attached hydrogens (tertiary/aromatic N) is 1. The van der Waals surface area contributed by atoms with Crippen molar-refractivity contribution in [3.05, 3.63) is 29.8 Å². The summed E-state index contributed by atoms with van der Waals surface area (Å²) < 4.78 is 0.246. The summed E-state index contributed by atoms with van der Waals surface area (Å²) in [5, 5.41) is 9.15. The Morgan fingerprint density at radius 3 is 2.88 bits per heavy atom. The monoisotopic (exact) mass is 472 g/mol. The third-order valence-electron chi connectivity index (χ3n) is 3.88. The van der Waals surface area contributed by atoms with Crippen LogP contribution in [-0.4, -0.2) is 42.5 Å². The summed E-state index contributed by atoms with van der Waals surface area (Å²) in [5.74, 6) is 4.25. The van der Waals surface area contributed by atoms with Gasteiger partial charge in [0.05, 0.1) is 6.54 Å². The molecule has 0 saturated carbocycles. The van der Waals surface area contributed by atoms with Crippen LogP contribution >= 0.6 is 35.7 Å². The zero-order valence-electron chi connectivity index (χ0n) is 14.6. The summed E-state index contributed by atoms with van der Waals surface area (Å²) in [6.45, 7) is 3.24. The lowest BCUT2D eigenvalue weighted by Gasteiger charge is -2.24. The van der Waals surface area contributed by atoms with E-state index < -0.39 is 0 Å². The van der Waals surface area contributed by atoms with Crippen LogP contribution in [0.15, 0.2) is 29.3 Å². The number of aliphatic imine (C=N–C) groups is 1. The standard InChI is InChI=1S/C18H24N4OS.HI/c1-4-14-7-5-8-15(11-14)22-16(23)12-20-17(19-3)21-13-18(2)9-6-10-24-18;/h1,5,7-8,11H,6,9-10,12-13H2,2-3H3,(H,22,23)(H2,19,20,21);1H. The molecule has 5 nitrogen and oxygen atoms in total. The number of rotatable bonds is 5. The predicted octanol–water partition coefficient (Wildman–Crippen LogP) is 2.68. The number of terminal acetylenes is 1. The summed E-state index contributed by atoms with van der Waals surface area (Å²) in [6, 6.07) is 7.22. The third kappa shape index (κ3) is 7.16. The number of amides is 1. The highest BCUT2D eigenvalue weighted by Crippen LogP contribution is 2.36. The van der Waals surface area contributed by atoms with Crippen molar-refractivity contribution in [1.29, 1.82) is 0 Å². The van der Waals surface area contributed by atoms with Gasteiger partial charge >= 0.3 is 0 Å². The molecule has 1 unspecified atom stereocenters. The van der Waals surface area contributed by atoms with Crippen LogP contribution in [0.1, 0.15) is 25.3 Å². The number of hydrogen-bond acceptors (Lipinski definition) is 3. The van der Waals surface area contributed by atoms with Crippen molar-refractivity contribution in [2.24, 2.45) is 4.99 Å². The van der Waals surface area contributed by atoms with E-state index >= 15 is 0 Å². The number of carbonyl (C=O) groups is 1. The van der Waals surface area contributed by atoms with Gasteiger partial charge in [-0.15, -0.1) is 30.4 Å². The molecule has 1 aromatic carbocycles. The summed E-state index contributed by atoms with van der Waals surface area (Å²) in [5.41, 5.74) is 1.43. The fraction of sp³-hybridized carbons (Fsp3) is 0.444. The number of thioether (sulfide) groups is 1. The highest BCUT2D eigenvalue weighted by Gasteiger charge is 2.29. The van der Waals surface area contributed by atoms with E-state index in [2.05, 4.69) is 33.8 Å². The van der Waals surface area contributed by atoms with Gasteiger partial charge in [-0.05, 0) is 43.7 Å². The second-order valence-electron chi connectivity index (χ2n) is 5.95. The highest BCUT2D eigenvalue weighted by atomic mass is 127. The smallest absolute Gasteiger partial charge is 0.243 e. The molecule has 1 aliphatic rings. The first-order valence-corrected chi connectivity index (χ1v) is 8.98. The minimum atomic E-state index is -0.145. The zero-order chi connectivity index (χ0) is 17.4. The summed E-state index contributed by atoms with van der Waals surface area (Å²) in [7, 11) is 1.70. The number of nitrogens with one attached hydrogen (secondary N) is 3. The maximum atomic E-state index is 12.0. The summed E-state index contributed by atoms with van der Waals surface area (Å²) in [4.78, 5) is 16.2. The molecule has 1 amide bonds. The molecule has 0 aliphatic carbocycles. The molecule has 0 spiro atoms. The van der Waals surface area contributed by atoms with E-state index in [1.165, 1.54) is 18.6 Å². The van der Waals surface area contributed by atoms with E-state index in [-0.39, 0.29) is 41.2 Å². The first-order chi connectivity index (χ1) is 11.5. The van der Waals surface area contributed by atoms with E-state index in [0.717, 1.165) is 12.1 Å². The molecule has 7 heteroatoms. The molecule has 0 radical (unpaired) electrons. The lowest BCUT2D eigenvalue weighted by molar-refractivity contribution is -0.115. The van der Waals surface area contributed by atoms with Gasteiger partial charge in [0.15, 0.2) is 5.96 Å². The molecule has 1 saturated heterocycles. The predicted molar refractivity (Wildman–Crippen MR) is 118 cm³/mol. The third-order valence-corrected chi connectivity index (χ3v) is 5.42. The van der Waals surface area contributed by atoms with Gasteiger partial charge in [-0.2, -0.15) is 11.8 Å². The Hall–Kier alpha value is -1.40. The van der Waals surface area contributed by atoms with E-state index in [9.17, 15) is 4.79 Å². The van der Waals surface area contributed by atoms with Crippen LogP contribution in [0.4, 0.5) is 5.69 Å². The van der Waals surface area contributed by atoms with Crippen LogP contribution in [-0.2, 0) is 4.79 Å². The highest BCUT2D eigenvalue weighted by molar-refractivity contribution is 14.0. The Balaban J connectivity index is 0.00000312. The fourth-order valence-electron chi connectivity index (χ4n) is 2.52. The lowest BCUT2D eigenvalue weighted by Crippen LogP contribution is -2.45. The molecule has 3 N–H and O–H groups in total. The van der Waals surface area contributed by atoms with Gasteiger partial charge < -0.3 is 16.0 Å². The molecule has 25 heavy (non-hydrogen) atoms. The molecule has 0 bridgehead atoms. The first kappa shape index (κ1) is 21.6. The van der Waals surface area contributed by atoms with Crippen molar-refractivity contribution in [3.63, 3.8) is 0 Å². The van der Waals surface area contributed by atoms with E-state index in [1.807, 2.05) is 30.0 Å². The Kier molecular flexibility index (Phi) is 9.14. The van der Waals surface area contributed by atoms with Crippen molar-refractivity contribution < 1.29 is 4.79 Å². The van der Waals surface area contributed by atoms with Crippen molar-refractivity contribution >= 4 is 53.3 Å². The maximum absolute atomic E-state index is 12.0.